The van der Waals surface area contributed by atoms with Crippen LogP contribution in [0.1, 0.15) is 38.6 Å². The zero-order valence-electron chi connectivity index (χ0n) is 18.3. The number of methoxy groups -OCH3 is 2. The van der Waals surface area contributed by atoms with Gasteiger partial charge in [0.25, 0.3) is 11.8 Å². The molecule has 0 spiro atoms. The largest absolute Gasteiger partial charge is 0.493 e. The van der Waals surface area contributed by atoms with Crippen molar-refractivity contribution in [2.75, 3.05) is 51.3 Å². The maximum Gasteiger partial charge on any atom is 0.272 e. The third-order valence-corrected chi connectivity index (χ3v) is 6.79. The number of sulfone groups is 1. The number of carbonyl (C=O) groups is 2. The van der Waals surface area contributed by atoms with Crippen LogP contribution in [-0.2, 0) is 14.6 Å². The van der Waals surface area contributed by atoms with E-state index in [0.29, 0.717) is 42.5 Å². The van der Waals surface area contributed by atoms with E-state index in [-0.39, 0.29) is 10.4 Å². The second-order valence-electron chi connectivity index (χ2n) is 7.20. The molecule has 0 fully saturated rings. The molecular weight excluding hydrogens is 456 g/mol. The number of hydrogen-bond acceptors (Lipinski definition) is 9. The number of imide groups is 1. The molecule has 0 unspecified atom stereocenters. The fourth-order valence-corrected chi connectivity index (χ4v) is 5.39. The number of nitrogens with one attached hydrogen (secondary N) is 1. The van der Waals surface area contributed by atoms with Crippen molar-refractivity contribution in [1.29, 1.82) is 0 Å². The van der Waals surface area contributed by atoms with Crippen molar-refractivity contribution >= 4 is 38.7 Å². The molecule has 1 aromatic heterocycles. The van der Waals surface area contributed by atoms with Crippen LogP contribution in [0.3, 0.4) is 0 Å². The third kappa shape index (κ3) is 4.89. The predicted octanol–water partition coefficient (Wildman–Crippen LogP) is 2.60. The van der Waals surface area contributed by atoms with Crippen molar-refractivity contribution in [3.05, 3.63) is 39.6 Å². The Morgan fingerprint density at radius 1 is 1.16 bits per heavy atom. The maximum atomic E-state index is 13.3. The topological polar surface area (TPSA) is 111 Å². The van der Waals surface area contributed by atoms with Gasteiger partial charge >= 0.3 is 0 Å². The predicted molar refractivity (Wildman–Crippen MR) is 122 cm³/mol. The number of hydrogen-bond donors (Lipinski definition) is 1. The Bertz CT molecular complexity index is 1110. The summed E-state index contributed by atoms with van der Waals surface area (Å²) < 4.78 is 40.4. The summed E-state index contributed by atoms with van der Waals surface area (Å²) in [7, 11) is -0.480. The summed E-state index contributed by atoms with van der Waals surface area (Å²) in [6, 6.07) is 3.88. The molecule has 0 saturated carbocycles. The number of fused-ring (bicyclic) bond motifs is 1. The van der Waals surface area contributed by atoms with Gasteiger partial charge < -0.3 is 19.5 Å². The third-order valence-electron chi connectivity index (χ3n) is 4.90. The van der Waals surface area contributed by atoms with E-state index in [1.54, 1.807) is 30.7 Å². The van der Waals surface area contributed by atoms with E-state index in [4.69, 9.17) is 14.2 Å². The molecule has 1 aliphatic heterocycles. The highest BCUT2D eigenvalue weighted by molar-refractivity contribution is 7.90. The first-order chi connectivity index (χ1) is 15.2. The van der Waals surface area contributed by atoms with Gasteiger partial charge in [0.15, 0.2) is 11.5 Å². The van der Waals surface area contributed by atoms with Gasteiger partial charge in [0, 0.05) is 25.3 Å². The number of amides is 2. The van der Waals surface area contributed by atoms with Crippen molar-refractivity contribution in [2.24, 2.45) is 0 Å². The lowest BCUT2D eigenvalue weighted by atomic mass is 10.1. The summed E-state index contributed by atoms with van der Waals surface area (Å²) in [6.07, 6.45) is 1.07. The lowest BCUT2D eigenvalue weighted by molar-refractivity contribution is 0.0599. The molecule has 3 rings (SSSR count). The molecule has 11 heteroatoms. The number of benzene rings is 1. The molecule has 32 heavy (non-hydrogen) atoms. The Balaban J connectivity index is 2.02. The second kappa shape index (κ2) is 9.88. The summed E-state index contributed by atoms with van der Waals surface area (Å²) in [5, 5.41) is 4.80. The average Bonchev–Trinajstić information content (AvgIpc) is 3.26. The molecule has 1 aromatic carbocycles. The SMILES string of the molecule is CCOc1cc([C@@H](CS(C)(=O)=O)N2C(=O)c3scc(NCCOC)c3C2=O)ccc1OC. The molecule has 1 aliphatic rings. The minimum Gasteiger partial charge on any atom is -0.493 e. The van der Waals surface area contributed by atoms with Crippen LogP contribution in [0.2, 0.25) is 0 Å². The number of anilines is 1. The molecule has 2 heterocycles. The summed E-state index contributed by atoms with van der Waals surface area (Å²) in [6.45, 7) is 3.07. The number of carbonyl (C=O) groups excluding carboxylic acids is 2. The Kier molecular flexibility index (Phi) is 7.42. The van der Waals surface area contributed by atoms with E-state index >= 15 is 0 Å². The van der Waals surface area contributed by atoms with Crippen LogP contribution in [0.15, 0.2) is 23.6 Å². The zero-order valence-corrected chi connectivity index (χ0v) is 20.0. The van der Waals surface area contributed by atoms with E-state index in [0.717, 1.165) is 22.5 Å². The quantitative estimate of drug-likeness (QED) is 0.384. The average molecular weight is 483 g/mol. The standard InChI is InChI=1S/C21H26N2O7S2/c1-5-30-17-10-13(6-7-16(17)29-3)15(12-32(4,26)27)23-20(24)18-14(22-8-9-28-2)11-31-19(18)21(23)25/h6-7,10-11,15,22H,5,8-9,12H2,1-4H3/t15-/m1/s1. The maximum absolute atomic E-state index is 13.3. The van der Waals surface area contributed by atoms with Crippen molar-refractivity contribution < 1.29 is 32.2 Å². The zero-order chi connectivity index (χ0) is 23.5. The van der Waals surface area contributed by atoms with Crippen molar-refractivity contribution in [2.45, 2.75) is 13.0 Å². The van der Waals surface area contributed by atoms with E-state index in [1.165, 1.54) is 7.11 Å². The lowest BCUT2D eigenvalue weighted by Gasteiger charge is -2.27. The number of thiophene rings is 1. The molecule has 2 amide bonds. The molecule has 9 nitrogen and oxygen atoms in total. The minimum atomic E-state index is -3.54. The van der Waals surface area contributed by atoms with Gasteiger partial charge in [-0.25, -0.2) is 8.42 Å². The first-order valence-corrected chi connectivity index (χ1v) is 12.9. The molecule has 174 valence electrons. The summed E-state index contributed by atoms with van der Waals surface area (Å²) in [5.41, 5.74) is 1.25. The van der Waals surface area contributed by atoms with Crippen molar-refractivity contribution in [1.82, 2.24) is 4.90 Å². The summed E-state index contributed by atoms with van der Waals surface area (Å²) in [5.74, 6) is -0.590. The van der Waals surface area contributed by atoms with E-state index in [1.807, 2.05) is 6.92 Å². The smallest absolute Gasteiger partial charge is 0.272 e. The number of rotatable bonds is 11. The Morgan fingerprint density at radius 3 is 2.53 bits per heavy atom. The molecule has 0 radical (unpaired) electrons. The second-order valence-corrected chi connectivity index (χ2v) is 10.3. The molecule has 0 aliphatic carbocycles. The van der Waals surface area contributed by atoms with Gasteiger partial charge in [-0.05, 0) is 24.6 Å². The first kappa shape index (κ1) is 24.0. The fourth-order valence-electron chi connectivity index (χ4n) is 3.53. The Morgan fingerprint density at radius 2 is 1.91 bits per heavy atom. The van der Waals surface area contributed by atoms with E-state index in [2.05, 4.69) is 5.32 Å². The normalized spacial score (nSPS) is 14.4. The lowest BCUT2D eigenvalue weighted by Crippen LogP contribution is -2.38. The molecule has 2 aromatic rings. The molecule has 1 atom stereocenters. The van der Waals surface area contributed by atoms with Crippen LogP contribution >= 0.6 is 11.3 Å². The van der Waals surface area contributed by atoms with Crippen LogP contribution in [0.25, 0.3) is 0 Å². The summed E-state index contributed by atoms with van der Waals surface area (Å²) >= 11 is 1.15. The van der Waals surface area contributed by atoms with Gasteiger partial charge in [-0.1, -0.05) is 6.07 Å². The van der Waals surface area contributed by atoms with Gasteiger partial charge in [0.1, 0.15) is 14.7 Å². The molecular formula is C21H26N2O7S2. The number of nitrogens with zero attached hydrogens (tertiary/aromatic N) is 1. The highest BCUT2D eigenvalue weighted by Crippen LogP contribution is 2.41. The van der Waals surface area contributed by atoms with Crippen molar-refractivity contribution in [3.63, 3.8) is 0 Å². The van der Waals surface area contributed by atoms with Crippen molar-refractivity contribution in [3.8, 4) is 11.5 Å². The summed E-state index contributed by atoms with van der Waals surface area (Å²) in [4.78, 5) is 27.9. The fraction of sp³-hybridized carbons (Fsp3) is 0.429. The van der Waals surface area contributed by atoms with Crippen LogP contribution in [0.4, 0.5) is 5.69 Å². The Labute approximate surface area is 191 Å². The van der Waals surface area contributed by atoms with Gasteiger partial charge in [-0.2, -0.15) is 0 Å². The van der Waals surface area contributed by atoms with Crippen LogP contribution in [0, 0.1) is 0 Å². The van der Waals surface area contributed by atoms with Gasteiger partial charge in [-0.3, -0.25) is 14.5 Å². The first-order valence-electron chi connectivity index (χ1n) is 9.92. The molecule has 1 N–H and O–H groups in total. The molecule has 0 saturated heterocycles. The van der Waals surface area contributed by atoms with Crippen LogP contribution < -0.4 is 14.8 Å². The highest BCUT2D eigenvalue weighted by atomic mass is 32.2. The number of ether oxygens (including phenoxy) is 3. The monoisotopic (exact) mass is 482 g/mol. The van der Waals surface area contributed by atoms with Gasteiger partial charge in [0.2, 0.25) is 0 Å². The highest BCUT2D eigenvalue weighted by Gasteiger charge is 2.44. The Hall–Kier alpha value is -2.63. The van der Waals surface area contributed by atoms with E-state index < -0.39 is 33.4 Å². The minimum absolute atomic E-state index is 0.258. The molecule has 0 bridgehead atoms. The van der Waals surface area contributed by atoms with E-state index in [9.17, 15) is 18.0 Å². The van der Waals surface area contributed by atoms with Crippen LogP contribution in [0.5, 0.6) is 11.5 Å². The van der Waals surface area contributed by atoms with Gasteiger partial charge in [-0.15, -0.1) is 11.3 Å². The van der Waals surface area contributed by atoms with Crippen LogP contribution in [-0.4, -0.2) is 71.1 Å². The van der Waals surface area contributed by atoms with Gasteiger partial charge in [0.05, 0.1) is 43.4 Å².